The molecule has 0 spiro atoms. The van der Waals surface area contributed by atoms with Crippen LogP contribution in [-0.4, -0.2) is 38.6 Å². The van der Waals surface area contributed by atoms with Crippen molar-refractivity contribution < 1.29 is 19.1 Å². The van der Waals surface area contributed by atoms with E-state index in [1.165, 1.54) is 19.8 Å². The number of amides is 2. The van der Waals surface area contributed by atoms with Crippen LogP contribution in [0, 0.1) is 13.8 Å². The summed E-state index contributed by atoms with van der Waals surface area (Å²) in [6, 6.07) is 10.8. The number of nitrogens with zero attached hydrogens (tertiary/aromatic N) is 1. The fourth-order valence-corrected chi connectivity index (χ4v) is 3.28. The standard InChI is InChI=1S/C21H24N2O4/c1-13-8-9-16(10-14(13)2)23-12-15(11-19(23)24)22-21(25)17-6-5-7-18(26-3)20(17)27-4/h5-10,15H,11-12H2,1-4H3,(H,22,25)/t15-/m0/s1. The molecule has 142 valence electrons. The first kappa shape index (κ1) is 18.8. The Kier molecular flexibility index (Phi) is 5.35. The summed E-state index contributed by atoms with van der Waals surface area (Å²) < 4.78 is 10.6. The highest BCUT2D eigenvalue weighted by Crippen LogP contribution is 2.31. The Bertz CT molecular complexity index is 878. The van der Waals surface area contributed by atoms with Gasteiger partial charge in [-0.3, -0.25) is 9.59 Å². The predicted molar refractivity (Wildman–Crippen MR) is 104 cm³/mol. The van der Waals surface area contributed by atoms with Gasteiger partial charge in [-0.2, -0.15) is 0 Å². The highest BCUT2D eigenvalue weighted by molar-refractivity contribution is 6.00. The first-order valence-corrected chi connectivity index (χ1v) is 8.84. The molecule has 1 atom stereocenters. The third-order valence-corrected chi connectivity index (χ3v) is 4.91. The second kappa shape index (κ2) is 7.70. The van der Waals surface area contributed by atoms with Gasteiger partial charge in [0.25, 0.3) is 5.91 Å². The smallest absolute Gasteiger partial charge is 0.255 e. The quantitative estimate of drug-likeness (QED) is 0.881. The molecule has 1 fully saturated rings. The normalized spacial score (nSPS) is 16.4. The zero-order valence-corrected chi connectivity index (χ0v) is 16.0. The Labute approximate surface area is 159 Å². The fraction of sp³-hybridized carbons (Fsp3) is 0.333. The predicted octanol–water partition coefficient (Wildman–Crippen LogP) is 2.86. The van der Waals surface area contributed by atoms with Crippen molar-refractivity contribution in [2.24, 2.45) is 0 Å². The number of carbonyl (C=O) groups excluding carboxylic acids is 2. The average molecular weight is 368 g/mol. The molecule has 0 saturated carbocycles. The number of nitrogens with one attached hydrogen (secondary N) is 1. The van der Waals surface area contributed by atoms with E-state index in [2.05, 4.69) is 5.32 Å². The molecule has 1 heterocycles. The van der Waals surface area contributed by atoms with E-state index in [9.17, 15) is 9.59 Å². The lowest BCUT2D eigenvalue weighted by atomic mass is 10.1. The number of ether oxygens (including phenoxy) is 2. The second-order valence-electron chi connectivity index (χ2n) is 6.69. The van der Waals surface area contributed by atoms with Gasteiger partial charge in [-0.15, -0.1) is 0 Å². The van der Waals surface area contributed by atoms with Crippen molar-refractivity contribution in [1.29, 1.82) is 0 Å². The number of hydrogen-bond acceptors (Lipinski definition) is 4. The van der Waals surface area contributed by atoms with E-state index in [4.69, 9.17) is 9.47 Å². The molecule has 2 aromatic carbocycles. The van der Waals surface area contributed by atoms with Gasteiger partial charge in [0, 0.05) is 18.7 Å². The summed E-state index contributed by atoms with van der Waals surface area (Å²) in [4.78, 5) is 26.9. The Morgan fingerprint density at radius 3 is 2.56 bits per heavy atom. The minimum Gasteiger partial charge on any atom is -0.493 e. The summed E-state index contributed by atoms with van der Waals surface area (Å²) >= 11 is 0. The molecule has 27 heavy (non-hydrogen) atoms. The van der Waals surface area contributed by atoms with Crippen LogP contribution in [0.25, 0.3) is 0 Å². The van der Waals surface area contributed by atoms with Crippen LogP contribution in [-0.2, 0) is 4.79 Å². The van der Waals surface area contributed by atoms with Crippen LogP contribution in [0.2, 0.25) is 0 Å². The number of hydrogen-bond donors (Lipinski definition) is 1. The van der Waals surface area contributed by atoms with Gasteiger partial charge in [0.1, 0.15) is 0 Å². The molecule has 0 aromatic heterocycles. The lowest BCUT2D eigenvalue weighted by Gasteiger charge is -2.19. The second-order valence-corrected chi connectivity index (χ2v) is 6.69. The Hall–Kier alpha value is -3.02. The van der Waals surface area contributed by atoms with E-state index in [1.807, 2.05) is 32.0 Å². The number of methoxy groups -OCH3 is 2. The van der Waals surface area contributed by atoms with Gasteiger partial charge >= 0.3 is 0 Å². The van der Waals surface area contributed by atoms with Gasteiger partial charge in [-0.1, -0.05) is 12.1 Å². The molecule has 1 N–H and O–H groups in total. The van der Waals surface area contributed by atoms with Crippen LogP contribution >= 0.6 is 0 Å². The molecule has 3 rings (SSSR count). The third-order valence-electron chi connectivity index (χ3n) is 4.91. The van der Waals surface area contributed by atoms with Gasteiger partial charge in [-0.25, -0.2) is 0 Å². The Morgan fingerprint density at radius 1 is 1.11 bits per heavy atom. The molecule has 1 aliphatic heterocycles. The van der Waals surface area contributed by atoms with Crippen molar-refractivity contribution in [3.63, 3.8) is 0 Å². The SMILES string of the molecule is COc1cccc(C(=O)N[C@H]2CC(=O)N(c3ccc(C)c(C)c3)C2)c1OC. The largest absolute Gasteiger partial charge is 0.493 e. The number of benzene rings is 2. The molecule has 0 radical (unpaired) electrons. The van der Waals surface area contributed by atoms with Crippen molar-refractivity contribution in [3.05, 3.63) is 53.1 Å². The number of rotatable bonds is 5. The lowest BCUT2D eigenvalue weighted by molar-refractivity contribution is -0.117. The zero-order valence-electron chi connectivity index (χ0n) is 16.0. The van der Waals surface area contributed by atoms with Crippen molar-refractivity contribution in [1.82, 2.24) is 5.32 Å². The molecule has 0 unspecified atom stereocenters. The molecule has 0 bridgehead atoms. The summed E-state index contributed by atoms with van der Waals surface area (Å²) in [6.07, 6.45) is 0.269. The summed E-state index contributed by atoms with van der Waals surface area (Å²) in [5.41, 5.74) is 3.56. The van der Waals surface area contributed by atoms with Gasteiger partial charge in [0.05, 0.1) is 25.8 Å². The average Bonchev–Trinajstić information content (AvgIpc) is 3.03. The van der Waals surface area contributed by atoms with Gasteiger partial charge in [0.15, 0.2) is 11.5 Å². The molecule has 6 heteroatoms. The first-order chi connectivity index (χ1) is 12.9. The van der Waals surface area contributed by atoms with Crippen LogP contribution in [0.5, 0.6) is 11.5 Å². The van der Waals surface area contributed by atoms with Crippen molar-refractivity contribution in [2.75, 3.05) is 25.7 Å². The molecule has 2 aromatic rings. The molecular weight excluding hydrogens is 344 g/mol. The van der Waals surface area contributed by atoms with Gasteiger partial charge < -0.3 is 19.7 Å². The summed E-state index contributed by atoms with van der Waals surface area (Å²) in [7, 11) is 3.02. The number of para-hydroxylation sites is 1. The molecular formula is C21H24N2O4. The molecule has 2 amide bonds. The molecule has 1 saturated heterocycles. The van der Waals surface area contributed by atoms with Gasteiger partial charge in [-0.05, 0) is 49.2 Å². The van der Waals surface area contributed by atoms with Gasteiger partial charge in [0.2, 0.25) is 5.91 Å². The van der Waals surface area contributed by atoms with Crippen molar-refractivity contribution in [3.8, 4) is 11.5 Å². The minimum absolute atomic E-state index is 0.00107. The number of anilines is 1. The van der Waals surface area contributed by atoms with E-state index >= 15 is 0 Å². The highest BCUT2D eigenvalue weighted by atomic mass is 16.5. The lowest BCUT2D eigenvalue weighted by Crippen LogP contribution is -2.37. The van der Waals surface area contributed by atoms with E-state index in [0.717, 1.165) is 11.3 Å². The molecule has 1 aliphatic rings. The van der Waals surface area contributed by atoms with E-state index in [-0.39, 0.29) is 24.3 Å². The van der Waals surface area contributed by atoms with E-state index < -0.39 is 0 Å². The first-order valence-electron chi connectivity index (χ1n) is 8.84. The molecule has 0 aliphatic carbocycles. The minimum atomic E-state index is -0.287. The number of aryl methyl sites for hydroxylation is 2. The highest BCUT2D eigenvalue weighted by Gasteiger charge is 2.32. The van der Waals surface area contributed by atoms with Crippen LogP contribution in [0.15, 0.2) is 36.4 Å². The maximum Gasteiger partial charge on any atom is 0.255 e. The maximum absolute atomic E-state index is 12.7. The maximum atomic E-state index is 12.7. The number of carbonyl (C=O) groups is 2. The van der Waals surface area contributed by atoms with Crippen LogP contribution in [0.3, 0.4) is 0 Å². The van der Waals surface area contributed by atoms with E-state index in [1.54, 1.807) is 23.1 Å². The summed E-state index contributed by atoms with van der Waals surface area (Å²) in [5.74, 6) is 0.587. The monoisotopic (exact) mass is 368 g/mol. The van der Waals surface area contributed by atoms with Crippen LogP contribution in [0.4, 0.5) is 5.69 Å². The molecule has 6 nitrogen and oxygen atoms in total. The Morgan fingerprint density at radius 2 is 1.89 bits per heavy atom. The van der Waals surface area contributed by atoms with Crippen LogP contribution < -0.4 is 19.7 Å². The summed E-state index contributed by atoms with van der Waals surface area (Å²) in [5, 5.41) is 2.94. The Balaban J connectivity index is 1.75. The third kappa shape index (κ3) is 3.74. The van der Waals surface area contributed by atoms with Crippen molar-refractivity contribution in [2.45, 2.75) is 26.3 Å². The van der Waals surface area contributed by atoms with Crippen molar-refractivity contribution >= 4 is 17.5 Å². The topological polar surface area (TPSA) is 67.9 Å². The van der Waals surface area contributed by atoms with Crippen LogP contribution in [0.1, 0.15) is 27.9 Å². The van der Waals surface area contributed by atoms with E-state index in [0.29, 0.717) is 23.6 Å². The zero-order chi connectivity index (χ0) is 19.6. The summed E-state index contributed by atoms with van der Waals surface area (Å²) in [6.45, 7) is 4.50. The fourth-order valence-electron chi connectivity index (χ4n) is 3.28.